The molecule has 0 aliphatic carbocycles. The van der Waals surface area contributed by atoms with Crippen molar-refractivity contribution in [2.45, 2.75) is 37.2 Å². The third kappa shape index (κ3) is 6.07. The third-order valence-electron chi connectivity index (χ3n) is 6.17. The summed E-state index contributed by atoms with van der Waals surface area (Å²) in [4.78, 5) is 12.6. The number of ether oxygens (including phenoxy) is 3. The summed E-state index contributed by atoms with van der Waals surface area (Å²) in [5, 5.41) is 10.1. The van der Waals surface area contributed by atoms with Crippen LogP contribution in [-0.2, 0) is 20.3 Å². The van der Waals surface area contributed by atoms with E-state index in [0.29, 0.717) is 28.0 Å². The molecule has 0 aliphatic heterocycles. The maximum atomic E-state index is 14.0. The van der Waals surface area contributed by atoms with E-state index in [1.54, 1.807) is 29.7 Å². The average molecular weight is 577 g/mol. The van der Waals surface area contributed by atoms with Gasteiger partial charge >= 0.3 is 0 Å². The zero-order valence-corrected chi connectivity index (χ0v) is 23.8. The fourth-order valence-electron chi connectivity index (χ4n) is 4.28. The van der Waals surface area contributed by atoms with Crippen molar-refractivity contribution in [1.29, 1.82) is 0 Å². The number of nitrogens with zero attached hydrogens (tertiary/aromatic N) is 6. The first-order valence-corrected chi connectivity index (χ1v) is 14.6. The van der Waals surface area contributed by atoms with Crippen LogP contribution in [0.15, 0.2) is 36.0 Å². The molecule has 1 aromatic carbocycles. The Kier molecular flexibility index (Phi) is 8.87. The van der Waals surface area contributed by atoms with Gasteiger partial charge in [-0.25, -0.2) is 27.8 Å². The first kappa shape index (κ1) is 28.5. The van der Waals surface area contributed by atoms with Gasteiger partial charge in [-0.3, -0.25) is 4.57 Å². The molecule has 0 N–H and O–H groups in total. The molecule has 208 valence electrons. The van der Waals surface area contributed by atoms with Gasteiger partial charge in [-0.05, 0) is 25.5 Å². The number of hydrogen-bond donors (Lipinski definition) is 0. The quantitative estimate of drug-likeness (QED) is 0.246. The number of hydrogen-bond acceptors (Lipinski definition) is 11. The van der Waals surface area contributed by atoms with Crippen LogP contribution < -0.4 is 9.47 Å². The number of aryl methyl sites for hydroxylation is 1. The molecule has 0 saturated heterocycles. The van der Waals surface area contributed by atoms with Gasteiger partial charge in [-0.2, -0.15) is 0 Å². The number of halogens is 1. The normalized spacial score (nSPS) is 13.3. The molecule has 3 aromatic heterocycles. The number of sulfone groups is 1. The van der Waals surface area contributed by atoms with Crippen LogP contribution in [0.5, 0.6) is 11.5 Å². The summed E-state index contributed by atoms with van der Waals surface area (Å²) >= 11 is 1.36. The smallest absolute Gasteiger partial charge is 0.197 e. The molecule has 4 rings (SSSR count). The average Bonchev–Trinajstić information content (AvgIpc) is 3.53. The Morgan fingerprint density at radius 3 is 2.31 bits per heavy atom. The highest BCUT2D eigenvalue weighted by Gasteiger charge is 2.36. The van der Waals surface area contributed by atoms with Crippen molar-refractivity contribution < 1.29 is 27.0 Å². The fourth-order valence-corrected chi connectivity index (χ4v) is 7.01. The SMILES string of the molecule is COCC[C@@H]([C@@H](C)c1ncc(F)cn1)S(=O)(=O)Cc1nnc(-c2nc(C)cs2)n1-c1c(OC)cccc1OC. The second-order valence-electron chi connectivity index (χ2n) is 8.76. The number of rotatable bonds is 12. The largest absolute Gasteiger partial charge is 0.494 e. The van der Waals surface area contributed by atoms with Gasteiger partial charge in [-0.1, -0.05) is 13.0 Å². The van der Waals surface area contributed by atoms with E-state index in [1.807, 2.05) is 12.3 Å². The molecule has 0 saturated carbocycles. The van der Waals surface area contributed by atoms with Crippen molar-refractivity contribution in [1.82, 2.24) is 29.7 Å². The van der Waals surface area contributed by atoms with Gasteiger partial charge in [0.05, 0.1) is 31.9 Å². The highest BCUT2D eigenvalue weighted by Crippen LogP contribution is 2.38. The minimum absolute atomic E-state index is 0.148. The summed E-state index contributed by atoms with van der Waals surface area (Å²) in [5.41, 5.74) is 1.24. The zero-order chi connectivity index (χ0) is 28.2. The Morgan fingerprint density at radius 2 is 1.74 bits per heavy atom. The minimum atomic E-state index is -3.91. The maximum absolute atomic E-state index is 14.0. The van der Waals surface area contributed by atoms with Gasteiger partial charge in [0.25, 0.3) is 0 Å². The molecule has 2 atom stereocenters. The summed E-state index contributed by atoms with van der Waals surface area (Å²) in [5.74, 6) is -0.133. The zero-order valence-electron chi connectivity index (χ0n) is 22.2. The molecule has 3 heterocycles. The number of methoxy groups -OCH3 is 3. The van der Waals surface area contributed by atoms with Crippen LogP contribution in [0.2, 0.25) is 0 Å². The lowest BCUT2D eigenvalue weighted by atomic mass is 10.0. The molecule has 0 radical (unpaired) electrons. The molecule has 0 amide bonds. The molecule has 14 heteroatoms. The number of aromatic nitrogens is 6. The molecule has 0 spiro atoms. The van der Waals surface area contributed by atoms with Crippen LogP contribution in [0.3, 0.4) is 0 Å². The Labute approximate surface area is 230 Å². The Hall–Kier alpha value is -3.49. The molecule has 11 nitrogen and oxygen atoms in total. The first-order valence-electron chi connectivity index (χ1n) is 12.0. The lowest BCUT2D eigenvalue weighted by Crippen LogP contribution is -2.31. The molecule has 0 bridgehead atoms. The highest BCUT2D eigenvalue weighted by atomic mass is 32.2. The van der Waals surface area contributed by atoms with Crippen LogP contribution in [0.4, 0.5) is 4.39 Å². The van der Waals surface area contributed by atoms with E-state index in [0.717, 1.165) is 18.1 Å². The number of para-hydroxylation sites is 1. The van der Waals surface area contributed by atoms with Gasteiger partial charge in [-0.15, -0.1) is 21.5 Å². The van der Waals surface area contributed by atoms with Gasteiger partial charge < -0.3 is 14.2 Å². The van der Waals surface area contributed by atoms with Gasteiger partial charge in [0.2, 0.25) is 0 Å². The molecule has 39 heavy (non-hydrogen) atoms. The molecule has 0 aliphatic rings. The van der Waals surface area contributed by atoms with Gasteiger partial charge in [0, 0.05) is 30.7 Å². The van der Waals surface area contributed by atoms with E-state index in [1.165, 1.54) is 32.7 Å². The standard InChI is InChI=1S/C25H29FN6O5S2/c1-15-13-38-25(29-15)24-31-30-21(32(24)22-18(36-4)7-6-8-19(22)37-5)14-39(33,34)20(9-10-35-3)16(2)23-27-11-17(26)12-28-23/h6-8,11-13,16,20H,9-10,14H2,1-5H3/t16-,20+/m1/s1. The van der Waals surface area contributed by atoms with Crippen molar-refractivity contribution in [2.24, 2.45) is 0 Å². The maximum Gasteiger partial charge on any atom is 0.197 e. The lowest BCUT2D eigenvalue weighted by molar-refractivity contribution is 0.191. The Balaban J connectivity index is 1.84. The summed E-state index contributed by atoms with van der Waals surface area (Å²) in [7, 11) is 0.604. The van der Waals surface area contributed by atoms with Crippen LogP contribution in [-0.4, -0.2) is 71.3 Å². The van der Waals surface area contributed by atoms with Crippen LogP contribution in [0, 0.1) is 12.7 Å². The van der Waals surface area contributed by atoms with Crippen LogP contribution in [0.1, 0.15) is 36.6 Å². The summed E-state index contributed by atoms with van der Waals surface area (Å²) < 4.78 is 59.5. The second kappa shape index (κ2) is 12.1. The van der Waals surface area contributed by atoms with Crippen LogP contribution >= 0.6 is 11.3 Å². The summed E-state index contributed by atoms with van der Waals surface area (Å²) in [6.07, 6.45) is 2.21. The van der Waals surface area contributed by atoms with Crippen molar-refractivity contribution in [3.63, 3.8) is 0 Å². The van der Waals surface area contributed by atoms with Crippen molar-refractivity contribution >= 4 is 21.2 Å². The third-order valence-corrected chi connectivity index (χ3v) is 9.35. The Bertz CT molecular complexity index is 1500. The lowest BCUT2D eigenvalue weighted by Gasteiger charge is -2.23. The van der Waals surface area contributed by atoms with E-state index in [9.17, 15) is 12.8 Å². The molecule has 4 aromatic rings. The topological polar surface area (TPSA) is 131 Å². The second-order valence-corrected chi connectivity index (χ2v) is 11.8. The summed E-state index contributed by atoms with van der Waals surface area (Å²) in [6, 6.07) is 5.24. The molecular weight excluding hydrogens is 547 g/mol. The molecular formula is C25H29FN6O5S2. The van der Waals surface area contributed by atoms with Gasteiger partial charge in [0.1, 0.15) is 28.8 Å². The summed E-state index contributed by atoms with van der Waals surface area (Å²) in [6.45, 7) is 3.74. The van der Waals surface area contributed by atoms with E-state index in [-0.39, 0.29) is 24.7 Å². The first-order chi connectivity index (χ1) is 18.7. The predicted molar refractivity (Wildman–Crippen MR) is 144 cm³/mol. The van der Waals surface area contributed by atoms with Crippen molar-refractivity contribution in [3.05, 3.63) is 59.1 Å². The number of thiazole rings is 1. The van der Waals surface area contributed by atoms with Crippen LogP contribution in [0.25, 0.3) is 16.5 Å². The predicted octanol–water partition coefficient (Wildman–Crippen LogP) is 3.77. The monoisotopic (exact) mass is 576 g/mol. The van der Waals surface area contributed by atoms with E-state index in [4.69, 9.17) is 14.2 Å². The molecule has 0 unspecified atom stereocenters. The molecule has 0 fully saturated rings. The van der Waals surface area contributed by atoms with E-state index >= 15 is 0 Å². The van der Waals surface area contributed by atoms with Crippen molar-refractivity contribution in [2.75, 3.05) is 27.9 Å². The van der Waals surface area contributed by atoms with Gasteiger partial charge in [0.15, 0.2) is 32.3 Å². The number of benzene rings is 1. The fraction of sp³-hybridized carbons (Fsp3) is 0.400. The minimum Gasteiger partial charge on any atom is -0.494 e. The van der Waals surface area contributed by atoms with E-state index in [2.05, 4.69) is 25.1 Å². The highest BCUT2D eigenvalue weighted by molar-refractivity contribution is 7.91. The van der Waals surface area contributed by atoms with Crippen molar-refractivity contribution in [3.8, 4) is 28.0 Å². The Morgan fingerprint density at radius 1 is 1.08 bits per heavy atom. The van der Waals surface area contributed by atoms with E-state index < -0.39 is 32.6 Å².